The van der Waals surface area contributed by atoms with Crippen LogP contribution in [0.15, 0.2) is 46.1 Å². The predicted molar refractivity (Wildman–Crippen MR) is 111 cm³/mol. The number of H-pyrrole nitrogens is 1. The topological polar surface area (TPSA) is 92.7 Å². The molecule has 0 spiro atoms. The highest BCUT2D eigenvalue weighted by molar-refractivity contribution is 7.99. The van der Waals surface area contributed by atoms with Crippen LogP contribution >= 0.6 is 11.8 Å². The van der Waals surface area contributed by atoms with Gasteiger partial charge in [-0.3, -0.25) is 14.6 Å². The van der Waals surface area contributed by atoms with E-state index in [1.165, 1.54) is 15.6 Å². The first-order chi connectivity index (χ1) is 13.3. The number of hydrogen-bond acceptors (Lipinski definition) is 5. The monoisotopic (exact) mass is 397 g/mol. The molecule has 1 amide bonds. The molecule has 0 saturated heterocycles. The van der Waals surface area contributed by atoms with Gasteiger partial charge in [0.15, 0.2) is 0 Å². The summed E-state index contributed by atoms with van der Waals surface area (Å²) in [7, 11) is 0. The van der Waals surface area contributed by atoms with Crippen LogP contribution in [0, 0.1) is 13.8 Å². The highest BCUT2D eigenvalue weighted by atomic mass is 32.2. The fourth-order valence-corrected chi connectivity index (χ4v) is 3.58. The molecule has 2 heterocycles. The van der Waals surface area contributed by atoms with Crippen molar-refractivity contribution in [1.82, 2.24) is 19.7 Å². The zero-order valence-electron chi connectivity index (χ0n) is 16.3. The van der Waals surface area contributed by atoms with E-state index in [0.717, 1.165) is 5.56 Å². The van der Waals surface area contributed by atoms with Crippen LogP contribution in [-0.2, 0) is 11.2 Å². The molecule has 2 N–H and O–H groups in total. The minimum Gasteiger partial charge on any atom is -0.310 e. The van der Waals surface area contributed by atoms with E-state index in [1.807, 2.05) is 31.2 Å². The Morgan fingerprint density at radius 2 is 1.89 bits per heavy atom. The van der Waals surface area contributed by atoms with Crippen LogP contribution in [0.25, 0.3) is 5.95 Å². The van der Waals surface area contributed by atoms with Crippen LogP contribution < -0.4 is 10.9 Å². The molecule has 1 aromatic carbocycles. The second-order valence-electron chi connectivity index (χ2n) is 6.83. The number of nitrogens with one attached hydrogen (secondary N) is 2. The number of hydrogen-bond donors (Lipinski definition) is 2. The molecule has 0 radical (unpaired) electrons. The van der Waals surface area contributed by atoms with Crippen molar-refractivity contribution in [1.29, 1.82) is 0 Å². The molecule has 0 unspecified atom stereocenters. The predicted octanol–water partition coefficient (Wildman–Crippen LogP) is 3.25. The Bertz CT molecular complexity index is 1040. The lowest BCUT2D eigenvalue weighted by atomic mass is 10.1. The molecule has 2 aromatic heterocycles. The van der Waals surface area contributed by atoms with Crippen LogP contribution in [0.3, 0.4) is 0 Å². The molecular weight excluding hydrogens is 374 g/mol. The number of nitrogens with zero attached hydrogens (tertiary/aromatic N) is 3. The van der Waals surface area contributed by atoms with Crippen molar-refractivity contribution in [3.8, 4) is 5.95 Å². The lowest BCUT2D eigenvalue weighted by Gasteiger charge is -2.09. The zero-order valence-corrected chi connectivity index (χ0v) is 17.1. The Kier molecular flexibility index (Phi) is 5.99. The van der Waals surface area contributed by atoms with Gasteiger partial charge in [0, 0.05) is 28.0 Å². The van der Waals surface area contributed by atoms with Gasteiger partial charge in [0.05, 0.1) is 12.1 Å². The first-order valence-corrected chi connectivity index (χ1v) is 9.88. The minimum atomic E-state index is -0.271. The SMILES string of the molecule is Cc1cc(=O)[nH]c(-n2nc(C)cc2NC(=O)Cc2ccc(SC(C)C)cc2)n1. The number of aryl methyl sites for hydroxylation is 2. The van der Waals surface area contributed by atoms with Gasteiger partial charge in [-0.15, -0.1) is 11.8 Å². The quantitative estimate of drug-likeness (QED) is 0.623. The van der Waals surface area contributed by atoms with E-state index >= 15 is 0 Å². The molecule has 0 aliphatic heterocycles. The van der Waals surface area contributed by atoms with E-state index in [4.69, 9.17) is 0 Å². The maximum Gasteiger partial charge on any atom is 0.252 e. The summed E-state index contributed by atoms with van der Waals surface area (Å²) in [6.07, 6.45) is 0.245. The summed E-state index contributed by atoms with van der Waals surface area (Å²) in [5.74, 6) is 0.562. The van der Waals surface area contributed by atoms with E-state index in [1.54, 1.807) is 24.8 Å². The van der Waals surface area contributed by atoms with Crippen molar-refractivity contribution in [2.45, 2.75) is 44.3 Å². The fraction of sp³-hybridized carbons (Fsp3) is 0.300. The number of aromatic nitrogens is 4. The van der Waals surface area contributed by atoms with Crippen molar-refractivity contribution in [3.05, 3.63) is 63.7 Å². The molecule has 0 aliphatic carbocycles. The van der Waals surface area contributed by atoms with Crippen molar-refractivity contribution in [2.24, 2.45) is 0 Å². The maximum absolute atomic E-state index is 12.5. The summed E-state index contributed by atoms with van der Waals surface area (Å²) in [5.41, 5.74) is 1.93. The van der Waals surface area contributed by atoms with Gasteiger partial charge in [-0.05, 0) is 31.5 Å². The summed E-state index contributed by atoms with van der Waals surface area (Å²) in [4.78, 5) is 32.4. The third-order valence-corrected chi connectivity index (χ3v) is 4.83. The van der Waals surface area contributed by atoms with Crippen LogP contribution in [-0.4, -0.2) is 30.9 Å². The van der Waals surface area contributed by atoms with Crippen molar-refractivity contribution in [2.75, 3.05) is 5.32 Å². The van der Waals surface area contributed by atoms with Crippen LogP contribution in [0.2, 0.25) is 0 Å². The molecule has 146 valence electrons. The summed E-state index contributed by atoms with van der Waals surface area (Å²) >= 11 is 1.79. The van der Waals surface area contributed by atoms with E-state index in [9.17, 15) is 9.59 Å². The number of carbonyl (C=O) groups excluding carboxylic acids is 1. The molecule has 0 saturated carbocycles. The Morgan fingerprint density at radius 3 is 2.54 bits per heavy atom. The number of amides is 1. The molecule has 0 bridgehead atoms. The number of benzene rings is 1. The van der Waals surface area contributed by atoms with Crippen LogP contribution in [0.1, 0.15) is 30.8 Å². The van der Waals surface area contributed by atoms with E-state index < -0.39 is 0 Å². The van der Waals surface area contributed by atoms with Gasteiger partial charge < -0.3 is 5.32 Å². The molecule has 0 aliphatic rings. The Labute approximate surface area is 167 Å². The highest BCUT2D eigenvalue weighted by Crippen LogP contribution is 2.23. The molecule has 8 heteroatoms. The first kappa shape index (κ1) is 19.9. The smallest absolute Gasteiger partial charge is 0.252 e. The molecule has 0 atom stereocenters. The average Bonchev–Trinajstić information content (AvgIpc) is 2.95. The summed E-state index contributed by atoms with van der Waals surface area (Å²) in [5, 5.41) is 7.70. The lowest BCUT2D eigenvalue weighted by molar-refractivity contribution is -0.115. The third kappa shape index (κ3) is 5.10. The standard InChI is InChI=1S/C20H23N5O2S/c1-12(2)28-16-7-5-15(6-8-16)11-19(27)22-17-9-14(4)24-25(17)20-21-13(3)10-18(26)23-20/h5-10,12H,11H2,1-4H3,(H,22,27)(H,21,23,26). The van der Waals surface area contributed by atoms with Crippen molar-refractivity contribution in [3.63, 3.8) is 0 Å². The number of carbonyl (C=O) groups is 1. The Morgan fingerprint density at radius 1 is 1.18 bits per heavy atom. The van der Waals surface area contributed by atoms with Crippen LogP contribution in [0.5, 0.6) is 0 Å². The maximum atomic E-state index is 12.5. The highest BCUT2D eigenvalue weighted by Gasteiger charge is 2.13. The second kappa shape index (κ2) is 8.43. The van der Waals surface area contributed by atoms with Gasteiger partial charge >= 0.3 is 0 Å². The zero-order chi connectivity index (χ0) is 20.3. The van der Waals surface area contributed by atoms with E-state index in [0.29, 0.717) is 22.5 Å². The second-order valence-corrected chi connectivity index (χ2v) is 8.48. The number of rotatable bonds is 6. The molecule has 0 fully saturated rings. The molecule has 3 aromatic rings. The Balaban J connectivity index is 1.75. The average molecular weight is 398 g/mol. The van der Waals surface area contributed by atoms with Gasteiger partial charge in [0.25, 0.3) is 5.56 Å². The van der Waals surface area contributed by atoms with Gasteiger partial charge in [-0.25, -0.2) is 4.98 Å². The number of anilines is 1. The van der Waals surface area contributed by atoms with E-state index in [-0.39, 0.29) is 23.8 Å². The summed E-state index contributed by atoms with van der Waals surface area (Å²) in [6.45, 7) is 7.83. The van der Waals surface area contributed by atoms with Crippen molar-refractivity contribution >= 4 is 23.5 Å². The largest absolute Gasteiger partial charge is 0.310 e. The fourth-order valence-electron chi connectivity index (χ4n) is 2.74. The lowest BCUT2D eigenvalue weighted by Crippen LogP contribution is -2.20. The molecular formula is C20H23N5O2S. The van der Waals surface area contributed by atoms with Gasteiger partial charge in [-0.1, -0.05) is 26.0 Å². The van der Waals surface area contributed by atoms with Gasteiger partial charge in [0.2, 0.25) is 11.9 Å². The van der Waals surface area contributed by atoms with Gasteiger partial charge in [0.1, 0.15) is 5.82 Å². The summed E-state index contributed by atoms with van der Waals surface area (Å²) < 4.78 is 1.43. The molecule has 28 heavy (non-hydrogen) atoms. The first-order valence-electron chi connectivity index (χ1n) is 9.00. The number of aromatic amines is 1. The number of thioether (sulfide) groups is 1. The van der Waals surface area contributed by atoms with E-state index in [2.05, 4.69) is 34.2 Å². The van der Waals surface area contributed by atoms with Crippen LogP contribution in [0.4, 0.5) is 5.82 Å². The minimum absolute atomic E-state index is 0.166. The van der Waals surface area contributed by atoms with Crippen molar-refractivity contribution < 1.29 is 4.79 Å². The molecule has 3 rings (SSSR count). The normalized spacial score (nSPS) is 11.0. The van der Waals surface area contributed by atoms with Gasteiger partial charge in [-0.2, -0.15) is 9.78 Å². The molecule has 7 nitrogen and oxygen atoms in total. The Hall–Kier alpha value is -2.87. The summed E-state index contributed by atoms with van der Waals surface area (Å²) in [6, 6.07) is 11.1. The third-order valence-electron chi connectivity index (χ3n) is 3.82.